The molecule has 3 aromatic rings. The summed E-state index contributed by atoms with van der Waals surface area (Å²) in [6, 6.07) is 6.01. The highest BCUT2D eigenvalue weighted by atomic mass is 32.2. The predicted molar refractivity (Wildman–Crippen MR) is 198 cm³/mol. The van der Waals surface area contributed by atoms with E-state index >= 15 is 0 Å². The minimum atomic E-state index is -3.67. The van der Waals surface area contributed by atoms with E-state index in [1.807, 2.05) is 0 Å². The largest absolute Gasteiger partial charge is 0.412 e. The molecule has 2 unspecified atom stereocenters. The summed E-state index contributed by atoms with van der Waals surface area (Å²) < 4.78 is 116. The van der Waals surface area contributed by atoms with Crippen molar-refractivity contribution in [3.63, 3.8) is 0 Å². The van der Waals surface area contributed by atoms with Crippen LogP contribution in [0, 0.1) is 23.3 Å². The molecule has 308 valence electrons. The summed E-state index contributed by atoms with van der Waals surface area (Å²) in [5.41, 5.74) is 16.8. The number of benzene rings is 2. The second-order valence-corrected chi connectivity index (χ2v) is 17.5. The van der Waals surface area contributed by atoms with Crippen LogP contribution in [-0.2, 0) is 42.7 Å². The number of halogens is 4. The predicted octanol–water partition coefficient (Wildman–Crippen LogP) is 1.64. The normalized spacial score (nSPS) is 26.4. The molecule has 15 nitrogen and oxygen atoms in total. The number of aliphatic imine (C=N–C) groups is 1. The molecule has 0 saturated carbocycles. The van der Waals surface area contributed by atoms with E-state index in [9.17, 15) is 34.4 Å². The maximum absolute atomic E-state index is 14.0. The summed E-state index contributed by atoms with van der Waals surface area (Å²) in [4.78, 5) is 8.89. The molecule has 5 aliphatic heterocycles. The Bertz CT molecular complexity index is 2140. The standard InChI is InChI=1S/C17H20F2N4O3S.C17H19F2N3O.CH4O3S.H2O/c1-27(24,25)23-7-10-6-22(8-16(10)21-23)12-5-15(20)17(26-9-12)13-4-11(18)2-3-14(13)19;18-11-1-2-14(19)13(5-11)17-15(20)6-12(9-23-17)22-7-10-3-4-21-16(10)8-22;1-5(2,3)4;/h2-4,7,12,15,17H,5-6,8-9,20H2,1H3;1-3,5,12,15,17H,4,6-9,20H2;1H3,(H,2,3,4);1H2/t2*12?,15-,17+;;/m00../s1. The smallest absolute Gasteiger partial charge is 0.261 e. The van der Waals surface area contributed by atoms with Crippen molar-refractivity contribution in [1.29, 1.82) is 0 Å². The fourth-order valence-electron chi connectivity index (χ4n) is 7.40. The van der Waals surface area contributed by atoms with Crippen LogP contribution in [0.2, 0.25) is 0 Å². The van der Waals surface area contributed by atoms with Gasteiger partial charge in [-0.05, 0) is 54.8 Å². The third kappa shape index (κ3) is 10.4. The number of hydrogen-bond donors (Lipinski definition) is 3. The van der Waals surface area contributed by atoms with Crippen molar-refractivity contribution in [3.8, 4) is 0 Å². The molecule has 21 heteroatoms. The zero-order chi connectivity index (χ0) is 39.8. The molecule has 5 aliphatic rings. The van der Waals surface area contributed by atoms with Crippen LogP contribution in [0.4, 0.5) is 17.6 Å². The quantitative estimate of drug-likeness (QED) is 0.247. The summed E-state index contributed by atoms with van der Waals surface area (Å²) in [6.07, 6.45) is 5.46. The van der Waals surface area contributed by atoms with Crippen molar-refractivity contribution < 1.29 is 53.9 Å². The van der Waals surface area contributed by atoms with Gasteiger partial charge in [-0.1, -0.05) is 6.08 Å². The minimum absolute atomic E-state index is 0. The third-order valence-corrected chi connectivity index (χ3v) is 10.9. The minimum Gasteiger partial charge on any atom is -0.412 e. The van der Waals surface area contributed by atoms with E-state index in [4.69, 9.17) is 25.5 Å². The number of aromatic nitrogens is 2. The van der Waals surface area contributed by atoms with Gasteiger partial charge in [-0.15, -0.1) is 0 Å². The van der Waals surface area contributed by atoms with Gasteiger partial charge in [0.25, 0.3) is 20.1 Å². The van der Waals surface area contributed by atoms with Gasteiger partial charge in [0.15, 0.2) is 0 Å². The lowest BCUT2D eigenvalue weighted by molar-refractivity contribution is -0.0533. The molecule has 0 amide bonds. The van der Waals surface area contributed by atoms with E-state index < -0.39 is 61.7 Å². The van der Waals surface area contributed by atoms with Crippen LogP contribution in [0.25, 0.3) is 0 Å². The number of likely N-dealkylation sites (tertiary alicyclic amines) is 1. The van der Waals surface area contributed by atoms with Gasteiger partial charge >= 0.3 is 0 Å². The third-order valence-electron chi connectivity index (χ3n) is 10.0. The fourth-order valence-corrected chi connectivity index (χ4v) is 7.97. The van der Waals surface area contributed by atoms with Gasteiger partial charge in [0.1, 0.15) is 35.5 Å². The van der Waals surface area contributed by atoms with Crippen molar-refractivity contribution in [1.82, 2.24) is 19.0 Å². The highest BCUT2D eigenvalue weighted by molar-refractivity contribution is 7.89. The Hall–Kier alpha value is -3.64. The fraction of sp³-hybridized carbons (Fsp3) is 0.486. The molecule has 0 bridgehead atoms. The first kappa shape index (κ1) is 43.5. The summed E-state index contributed by atoms with van der Waals surface area (Å²) in [5, 5.41) is 4.13. The average Bonchev–Trinajstić information content (AvgIpc) is 3.88. The van der Waals surface area contributed by atoms with E-state index in [2.05, 4.69) is 26.0 Å². The molecule has 8 rings (SSSR count). The second kappa shape index (κ2) is 17.5. The SMILES string of the molecule is CS(=O)(=O)O.CS(=O)(=O)n1cc2c(n1)CN(C1CO[C@H](c3cc(F)ccc3F)[C@@H](N)C1)C2.N[C@H]1CC(N2CC3=CCN=C3C2)CO[C@@H]1c1cc(F)ccc1F.O. The molecule has 7 N–H and O–H groups in total. The van der Waals surface area contributed by atoms with Crippen LogP contribution in [0.3, 0.4) is 0 Å². The van der Waals surface area contributed by atoms with Crippen LogP contribution >= 0.6 is 0 Å². The molecule has 3 saturated heterocycles. The molecule has 3 fully saturated rings. The first-order valence-electron chi connectivity index (χ1n) is 17.4. The van der Waals surface area contributed by atoms with Crippen LogP contribution in [0.15, 0.2) is 59.2 Å². The molecule has 6 heterocycles. The molecular formula is C35H45F4N7O8S2. The zero-order valence-electron chi connectivity index (χ0n) is 30.6. The van der Waals surface area contributed by atoms with E-state index in [0.717, 1.165) is 71.6 Å². The number of hydrogen-bond acceptors (Lipinski definition) is 12. The van der Waals surface area contributed by atoms with Crippen molar-refractivity contribution in [2.45, 2.75) is 62.3 Å². The monoisotopic (exact) mass is 831 g/mol. The zero-order valence-corrected chi connectivity index (χ0v) is 32.2. The average molecular weight is 832 g/mol. The van der Waals surface area contributed by atoms with Crippen molar-refractivity contribution in [3.05, 3.63) is 99.9 Å². The molecule has 2 aromatic carbocycles. The lowest BCUT2D eigenvalue weighted by atomic mass is 9.93. The molecule has 1 aromatic heterocycles. The first-order chi connectivity index (χ1) is 25.8. The van der Waals surface area contributed by atoms with Crippen LogP contribution in [-0.4, -0.2) is 121 Å². The molecule has 0 radical (unpaired) electrons. The Morgan fingerprint density at radius 1 is 0.786 bits per heavy atom. The highest BCUT2D eigenvalue weighted by Crippen LogP contribution is 2.35. The summed E-state index contributed by atoms with van der Waals surface area (Å²) in [7, 11) is -7.07. The number of rotatable bonds is 5. The number of nitrogens with two attached hydrogens (primary N) is 2. The summed E-state index contributed by atoms with van der Waals surface area (Å²) in [5.74, 6) is -2.01. The van der Waals surface area contributed by atoms with Crippen molar-refractivity contribution >= 4 is 25.9 Å². The second-order valence-electron chi connectivity index (χ2n) is 14.2. The highest BCUT2D eigenvalue weighted by Gasteiger charge is 2.39. The van der Waals surface area contributed by atoms with Crippen LogP contribution in [0.5, 0.6) is 0 Å². The van der Waals surface area contributed by atoms with Gasteiger partial charge in [-0.25, -0.2) is 26.0 Å². The van der Waals surface area contributed by atoms with E-state index in [1.165, 1.54) is 17.8 Å². The Morgan fingerprint density at radius 2 is 1.29 bits per heavy atom. The first-order valence-corrected chi connectivity index (χ1v) is 21.1. The van der Waals surface area contributed by atoms with Gasteiger partial charge in [0.2, 0.25) is 0 Å². The topological polar surface area (TPSA) is 227 Å². The Kier molecular flexibility index (Phi) is 13.6. The maximum Gasteiger partial charge on any atom is 0.261 e. The van der Waals surface area contributed by atoms with Gasteiger partial charge in [-0.2, -0.15) is 17.6 Å². The lowest BCUT2D eigenvalue weighted by Crippen LogP contribution is -2.48. The Labute approximate surface area is 322 Å². The number of fused-ring (bicyclic) bond motifs is 2. The number of ether oxygens (including phenoxy) is 2. The van der Waals surface area contributed by atoms with Crippen LogP contribution in [0.1, 0.15) is 47.4 Å². The van der Waals surface area contributed by atoms with Crippen LogP contribution < -0.4 is 11.5 Å². The summed E-state index contributed by atoms with van der Waals surface area (Å²) >= 11 is 0. The molecule has 6 atom stereocenters. The van der Waals surface area contributed by atoms with Gasteiger partial charge in [0.05, 0.1) is 43.7 Å². The van der Waals surface area contributed by atoms with E-state index in [1.54, 1.807) is 0 Å². The molecule has 56 heavy (non-hydrogen) atoms. The lowest BCUT2D eigenvalue weighted by Gasteiger charge is -2.38. The van der Waals surface area contributed by atoms with Crippen molar-refractivity contribution in [2.75, 3.05) is 45.4 Å². The Morgan fingerprint density at radius 3 is 1.73 bits per heavy atom. The van der Waals surface area contributed by atoms with Crippen molar-refractivity contribution in [2.24, 2.45) is 16.5 Å². The Balaban J connectivity index is 0.000000190. The molecule has 0 spiro atoms. The van der Waals surface area contributed by atoms with E-state index in [0.29, 0.717) is 51.1 Å². The van der Waals surface area contributed by atoms with Gasteiger partial charge in [0, 0.05) is 73.2 Å². The molecule has 0 aliphatic carbocycles. The maximum atomic E-state index is 14.0. The van der Waals surface area contributed by atoms with Gasteiger partial charge in [-0.3, -0.25) is 19.3 Å². The number of nitrogens with zero attached hydrogens (tertiary/aromatic N) is 5. The molecular weight excluding hydrogens is 787 g/mol. The van der Waals surface area contributed by atoms with Gasteiger partial charge < -0.3 is 26.4 Å². The van der Waals surface area contributed by atoms with E-state index in [-0.39, 0.29) is 34.7 Å². The summed E-state index contributed by atoms with van der Waals surface area (Å²) in [6.45, 7) is 4.33.